The van der Waals surface area contributed by atoms with E-state index in [1.165, 1.54) is 11.3 Å². The molecular formula is C12H10ClN3OS. The molecule has 6 heteroatoms. The van der Waals surface area contributed by atoms with Gasteiger partial charge in [-0.25, -0.2) is 9.50 Å². The van der Waals surface area contributed by atoms with Crippen LogP contribution >= 0.6 is 22.9 Å². The highest BCUT2D eigenvalue weighted by molar-refractivity contribution is 7.16. The largest absolute Gasteiger partial charge is 0.390 e. The third-order valence-electron chi connectivity index (χ3n) is 2.66. The van der Waals surface area contributed by atoms with Crippen molar-refractivity contribution in [3.63, 3.8) is 0 Å². The molecule has 0 aliphatic heterocycles. The summed E-state index contributed by atoms with van der Waals surface area (Å²) >= 11 is 7.37. The van der Waals surface area contributed by atoms with Crippen LogP contribution in [-0.2, 0) is 6.61 Å². The van der Waals surface area contributed by atoms with Crippen LogP contribution in [0, 0.1) is 6.92 Å². The lowest BCUT2D eigenvalue weighted by atomic mass is 10.1. The number of imidazole rings is 1. The van der Waals surface area contributed by atoms with Crippen LogP contribution in [0.25, 0.3) is 16.2 Å². The molecule has 0 aliphatic carbocycles. The van der Waals surface area contributed by atoms with Gasteiger partial charge >= 0.3 is 0 Å². The Bertz CT molecular complexity index is 702. The number of aryl methyl sites for hydroxylation is 1. The van der Waals surface area contributed by atoms with Crippen LogP contribution in [0.1, 0.15) is 10.7 Å². The fraction of sp³-hybridized carbons (Fsp3) is 0.167. The predicted molar refractivity (Wildman–Crippen MR) is 72.0 cm³/mol. The van der Waals surface area contributed by atoms with Crippen LogP contribution < -0.4 is 0 Å². The van der Waals surface area contributed by atoms with Crippen LogP contribution in [0.5, 0.6) is 0 Å². The molecule has 0 atom stereocenters. The highest BCUT2D eigenvalue weighted by Crippen LogP contribution is 2.27. The van der Waals surface area contributed by atoms with E-state index in [-0.39, 0.29) is 6.61 Å². The van der Waals surface area contributed by atoms with Crippen LogP contribution in [0.4, 0.5) is 0 Å². The van der Waals surface area contributed by atoms with Crippen molar-refractivity contribution in [1.29, 1.82) is 0 Å². The van der Waals surface area contributed by atoms with Gasteiger partial charge in [0, 0.05) is 10.6 Å². The Hall–Kier alpha value is -1.43. The molecular weight excluding hydrogens is 270 g/mol. The Labute approximate surface area is 112 Å². The van der Waals surface area contributed by atoms with Gasteiger partial charge in [-0.1, -0.05) is 35.1 Å². The number of aliphatic hydroxyl groups excluding tert-OH is 1. The van der Waals surface area contributed by atoms with Crippen molar-refractivity contribution in [2.24, 2.45) is 0 Å². The zero-order chi connectivity index (χ0) is 12.7. The zero-order valence-corrected chi connectivity index (χ0v) is 11.2. The smallest absolute Gasteiger partial charge is 0.213 e. The van der Waals surface area contributed by atoms with E-state index in [2.05, 4.69) is 10.1 Å². The van der Waals surface area contributed by atoms with Crippen molar-refractivity contribution >= 4 is 27.9 Å². The third kappa shape index (κ3) is 1.80. The first-order valence-electron chi connectivity index (χ1n) is 5.41. The van der Waals surface area contributed by atoms with Crippen molar-refractivity contribution in [2.75, 3.05) is 0 Å². The summed E-state index contributed by atoms with van der Waals surface area (Å²) in [7, 11) is 0. The topological polar surface area (TPSA) is 50.4 Å². The number of nitrogens with zero attached hydrogens (tertiary/aromatic N) is 3. The van der Waals surface area contributed by atoms with E-state index in [1.54, 1.807) is 4.52 Å². The Morgan fingerprint density at radius 2 is 2.06 bits per heavy atom. The van der Waals surface area contributed by atoms with E-state index in [1.807, 2.05) is 31.2 Å². The van der Waals surface area contributed by atoms with E-state index >= 15 is 0 Å². The number of halogens is 1. The summed E-state index contributed by atoms with van der Waals surface area (Å²) in [6.45, 7) is 1.82. The standard InChI is InChI=1S/C12H10ClN3OS/c1-7-15-16-10(6-17)11(14-12(16)18-7)8-2-4-9(13)5-3-8/h2-5,17H,6H2,1H3. The van der Waals surface area contributed by atoms with Crippen LogP contribution in [0.15, 0.2) is 24.3 Å². The SMILES string of the molecule is Cc1nn2c(CO)c(-c3ccc(Cl)cc3)nc2s1. The lowest BCUT2D eigenvalue weighted by Crippen LogP contribution is -1.95. The maximum Gasteiger partial charge on any atom is 0.213 e. The minimum atomic E-state index is -0.0949. The fourth-order valence-electron chi connectivity index (χ4n) is 1.87. The Balaban J connectivity index is 2.22. The molecule has 0 unspecified atom stereocenters. The van der Waals surface area contributed by atoms with Gasteiger partial charge in [0.15, 0.2) is 0 Å². The first kappa shape index (κ1) is 11.6. The molecule has 1 N–H and O–H groups in total. The third-order valence-corrected chi connectivity index (χ3v) is 3.74. The van der Waals surface area contributed by atoms with Crippen molar-refractivity contribution in [1.82, 2.24) is 14.6 Å². The first-order valence-corrected chi connectivity index (χ1v) is 6.60. The lowest BCUT2D eigenvalue weighted by Gasteiger charge is -2.00. The molecule has 0 fully saturated rings. The van der Waals surface area contributed by atoms with Crippen LogP contribution in [0.2, 0.25) is 5.02 Å². The maximum atomic E-state index is 9.51. The van der Waals surface area contributed by atoms with E-state index in [4.69, 9.17) is 11.6 Å². The van der Waals surface area contributed by atoms with Crippen molar-refractivity contribution in [2.45, 2.75) is 13.5 Å². The van der Waals surface area contributed by atoms with Gasteiger partial charge in [0.25, 0.3) is 0 Å². The van der Waals surface area contributed by atoms with E-state index in [9.17, 15) is 5.11 Å². The van der Waals surface area contributed by atoms with Gasteiger partial charge in [0.2, 0.25) is 4.96 Å². The molecule has 1 aromatic carbocycles. The normalized spacial score (nSPS) is 11.3. The summed E-state index contributed by atoms with van der Waals surface area (Å²) in [6, 6.07) is 7.40. The Morgan fingerprint density at radius 3 is 2.72 bits per heavy atom. The van der Waals surface area contributed by atoms with Gasteiger partial charge < -0.3 is 5.11 Å². The van der Waals surface area contributed by atoms with Crippen LogP contribution in [-0.4, -0.2) is 19.7 Å². The van der Waals surface area contributed by atoms with Gasteiger partial charge in [-0.3, -0.25) is 0 Å². The number of hydrogen-bond acceptors (Lipinski definition) is 4. The monoisotopic (exact) mass is 279 g/mol. The average Bonchev–Trinajstić information content (AvgIpc) is 2.85. The number of aliphatic hydroxyl groups is 1. The van der Waals surface area contributed by atoms with Gasteiger partial charge in [-0.2, -0.15) is 5.10 Å². The lowest BCUT2D eigenvalue weighted by molar-refractivity contribution is 0.275. The molecule has 0 aliphatic rings. The van der Waals surface area contributed by atoms with E-state index < -0.39 is 0 Å². The summed E-state index contributed by atoms with van der Waals surface area (Å²) in [5.74, 6) is 0. The molecule has 0 saturated carbocycles. The second kappa shape index (κ2) is 4.35. The molecule has 2 aromatic heterocycles. The minimum absolute atomic E-state index is 0.0949. The molecule has 0 bridgehead atoms. The maximum absolute atomic E-state index is 9.51. The molecule has 3 rings (SSSR count). The number of aromatic nitrogens is 3. The highest BCUT2D eigenvalue weighted by Gasteiger charge is 2.16. The molecule has 92 valence electrons. The second-order valence-corrected chi connectivity index (χ2v) is 5.48. The van der Waals surface area contributed by atoms with Gasteiger partial charge in [0.1, 0.15) is 5.01 Å². The Kier molecular flexibility index (Phi) is 2.81. The van der Waals surface area contributed by atoms with E-state index in [0.717, 1.165) is 21.2 Å². The summed E-state index contributed by atoms with van der Waals surface area (Å²) < 4.78 is 1.70. The summed E-state index contributed by atoms with van der Waals surface area (Å²) in [4.78, 5) is 5.31. The molecule has 2 heterocycles. The summed E-state index contributed by atoms with van der Waals surface area (Å²) in [5.41, 5.74) is 2.39. The van der Waals surface area contributed by atoms with Crippen LogP contribution in [0.3, 0.4) is 0 Å². The van der Waals surface area contributed by atoms with Gasteiger partial charge in [0.05, 0.1) is 18.0 Å². The summed E-state index contributed by atoms with van der Waals surface area (Å²) in [6.07, 6.45) is 0. The molecule has 0 saturated heterocycles. The molecule has 0 spiro atoms. The molecule has 0 radical (unpaired) electrons. The predicted octanol–water partition coefficient (Wildman–Crippen LogP) is 2.91. The number of benzene rings is 1. The minimum Gasteiger partial charge on any atom is -0.390 e. The van der Waals surface area contributed by atoms with E-state index in [0.29, 0.717) is 10.7 Å². The summed E-state index contributed by atoms with van der Waals surface area (Å²) in [5, 5.41) is 15.4. The van der Waals surface area contributed by atoms with Crippen molar-refractivity contribution < 1.29 is 5.11 Å². The quantitative estimate of drug-likeness (QED) is 0.785. The fourth-order valence-corrected chi connectivity index (χ4v) is 2.75. The van der Waals surface area contributed by atoms with Gasteiger partial charge in [-0.05, 0) is 19.1 Å². The average molecular weight is 280 g/mol. The number of rotatable bonds is 2. The van der Waals surface area contributed by atoms with Crippen molar-refractivity contribution in [3.05, 3.63) is 40.0 Å². The number of hydrogen-bond donors (Lipinski definition) is 1. The second-order valence-electron chi connectivity index (χ2n) is 3.89. The molecule has 0 amide bonds. The molecule has 4 nitrogen and oxygen atoms in total. The first-order chi connectivity index (χ1) is 8.69. The highest BCUT2D eigenvalue weighted by atomic mass is 35.5. The zero-order valence-electron chi connectivity index (χ0n) is 9.59. The molecule has 18 heavy (non-hydrogen) atoms. The number of fused-ring (bicyclic) bond motifs is 1. The van der Waals surface area contributed by atoms with Crippen molar-refractivity contribution in [3.8, 4) is 11.3 Å². The van der Waals surface area contributed by atoms with Gasteiger partial charge in [-0.15, -0.1) is 0 Å². The Morgan fingerprint density at radius 1 is 1.33 bits per heavy atom. The molecule has 3 aromatic rings.